The van der Waals surface area contributed by atoms with Crippen LogP contribution in [0.4, 0.5) is 11.4 Å². The van der Waals surface area contributed by atoms with Crippen LogP contribution < -0.4 is 15.4 Å². The zero-order valence-corrected chi connectivity index (χ0v) is 19.1. The van der Waals surface area contributed by atoms with Crippen LogP contribution in [-0.4, -0.2) is 92.3 Å². The summed E-state index contributed by atoms with van der Waals surface area (Å²) in [6.07, 6.45) is 6.30. The largest absolute Gasteiger partial charge is 0.495 e. The molecular weight excluding hydrogens is 392 g/mol. The number of hydrogen-bond donors (Lipinski definition) is 1. The number of nitrogen functional groups attached to an aromatic ring is 1. The van der Waals surface area contributed by atoms with E-state index in [4.69, 9.17) is 15.2 Å². The molecule has 2 N–H and O–H groups in total. The van der Waals surface area contributed by atoms with Crippen molar-refractivity contribution in [3.05, 3.63) is 24.5 Å². The molecule has 2 fully saturated rings. The maximum Gasteiger partial charge on any atom is 0.143 e. The molecule has 0 aliphatic carbocycles. The first-order valence-electron chi connectivity index (χ1n) is 11.3. The summed E-state index contributed by atoms with van der Waals surface area (Å²) in [4.78, 5) is 7.68. The number of aromatic nitrogens is 2. The Balaban J connectivity index is 1.43. The molecule has 0 amide bonds. The van der Waals surface area contributed by atoms with Crippen molar-refractivity contribution in [1.82, 2.24) is 19.6 Å². The van der Waals surface area contributed by atoms with Gasteiger partial charge < -0.3 is 20.1 Å². The highest BCUT2D eigenvalue weighted by atomic mass is 16.5. The topological polar surface area (TPSA) is 72.0 Å². The minimum absolute atomic E-state index is 0.659. The van der Waals surface area contributed by atoms with E-state index in [1.165, 1.54) is 18.5 Å². The molecule has 3 heterocycles. The van der Waals surface area contributed by atoms with Crippen LogP contribution in [0.15, 0.2) is 24.5 Å². The Morgan fingerprint density at radius 1 is 1.06 bits per heavy atom. The standard InChI is InChI=1S/C23H36N6O2/c1-26-17-18(16-25-26)20-14-21(24)23(31-3)15-22(20)29-6-4-19(5-7-29)28-10-8-27(9-11-28)12-13-30-2/h14-17,19H,4-13,24H2,1-3H3. The number of nitrogens with two attached hydrogens (primary N) is 1. The van der Waals surface area contributed by atoms with Gasteiger partial charge >= 0.3 is 0 Å². The van der Waals surface area contributed by atoms with Crippen LogP contribution in [-0.2, 0) is 11.8 Å². The number of aryl methyl sites for hydroxylation is 1. The SMILES string of the molecule is COCCN1CCN(C2CCN(c3cc(OC)c(N)cc3-c3cnn(C)c3)CC2)CC1. The number of anilines is 2. The molecule has 31 heavy (non-hydrogen) atoms. The molecule has 0 unspecified atom stereocenters. The van der Waals surface area contributed by atoms with Gasteiger partial charge in [-0.3, -0.25) is 14.5 Å². The number of nitrogens with zero attached hydrogens (tertiary/aromatic N) is 5. The Bertz CT molecular complexity index is 854. The lowest BCUT2D eigenvalue weighted by molar-refractivity contribution is 0.0672. The number of methoxy groups -OCH3 is 2. The van der Waals surface area contributed by atoms with Gasteiger partial charge in [-0.1, -0.05) is 0 Å². The Morgan fingerprint density at radius 2 is 1.81 bits per heavy atom. The normalized spacial score (nSPS) is 19.1. The maximum absolute atomic E-state index is 6.25. The molecule has 2 aliphatic heterocycles. The number of piperidine rings is 1. The molecule has 0 saturated carbocycles. The van der Waals surface area contributed by atoms with E-state index >= 15 is 0 Å². The van der Waals surface area contributed by atoms with E-state index in [1.54, 1.807) is 14.2 Å². The van der Waals surface area contributed by atoms with Gasteiger partial charge in [0.05, 0.1) is 25.6 Å². The van der Waals surface area contributed by atoms with Crippen LogP contribution in [0, 0.1) is 0 Å². The Hall–Kier alpha value is -2.29. The first kappa shape index (κ1) is 21.9. The van der Waals surface area contributed by atoms with Gasteiger partial charge in [-0.25, -0.2) is 0 Å². The molecule has 1 aromatic heterocycles. The molecule has 2 saturated heterocycles. The van der Waals surface area contributed by atoms with Crippen LogP contribution in [0.25, 0.3) is 11.1 Å². The third-order valence-electron chi connectivity index (χ3n) is 6.70. The van der Waals surface area contributed by atoms with E-state index in [2.05, 4.69) is 25.9 Å². The molecule has 2 aromatic rings. The smallest absolute Gasteiger partial charge is 0.143 e. The highest BCUT2D eigenvalue weighted by Gasteiger charge is 2.28. The third kappa shape index (κ3) is 4.97. The second kappa shape index (κ2) is 9.89. The lowest BCUT2D eigenvalue weighted by Gasteiger charge is -2.43. The van der Waals surface area contributed by atoms with Crippen molar-refractivity contribution in [2.24, 2.45) is 7.05 Å². The fourth-order valence-electron chi connectivity index (χ4n) is 4.86. The van der Waals surface area contributed by atoms with Crippen molar-refractivity contribution >= 4 is 11.4 Å². The number of piperazine rings is 1. The first-order chi connectivity index (χ1) is 15.1. The fraction of sp³-hybridized carbons (Fsp3) is 0.609. The van der Waals surface area contributed by atoms with E-state index in [9.17, 15) is 0 Å². The number of ether oxygens (including phenoxy) is 2. The van der Waals surface area contributed by atoms with Crippen LogP contribution in [0.1, 0.15) is 12.8 Å². The third-order valence-corrected chi connectivity index (χ3v) is 6.70. The zero-order valence-electron chi connectivity index (χ0n) is 19.1. The summed E-state index contributed by atoms with van der Waals surface area (Å²) < 4.78 is 12.6. The Labute approximate surface area is 185 Å². The summed E-state index contributed by atoms with van der Waals surface area (Å²) >= 11 is 0. The van der Waals surface area contributed by atoms with Gasteiger partial charge in [0.1, 0.15) is 5.75 Å². The summed E-state index contributed by atoms with van der Waals surface area (Å²) in [5.41, 5.74) is 10.3. The van der Waals surface area contributed by atoms with E-state index in [0.717, 1.165) is 69.3 Å². The van der Waals surface area contributed by atoms with Crippen molar-refractivity contribution in [1.29, 1.82) is 0 Å². The van der Waals surface area contributed by atoms with Crippen molar-refractivity contribution in [3.63, 3.8) is 0 Å². The highest BCUT2D eigenvalue weighted by molar-refractivity contribution is 5.83. The van der Waals surface area contributed by atoms with Gasteiger partial charge in [0.2, 0.25) is 0 Å². The highest BCUT2D eigenvalue weighted by Crippen LogP contribution is 2.39. The van der Waals surface area contributed by atoms with E-state index in [1.807, 2.05) is 30.2 Å². The van der Waals surface area contributed by atoms with Gasteiger partial charge in [-0.2, -0.15) is 5.10 Å². The van der Waals surface area contributed by atoms with Crippen molar-refractivity contribution in [2.75, 3.05) is 77.3 Å². The summed E-state index contributed by atoms with van der Waals surface area (Å²) in [6.45, 7) is 8.54. The van der Waals surface area contributed by atoms with Gasteiger partial charge in [-0.15, -0.1) is 0 Å². The molecule has 0 spiro atoms. The fourth-order valence-corrected chi connectivity index (χ4v) is 4.86. The molecule has 0 atom stereocenters. The first-order valence-corrected chi connectivity index (χ1v) is 11.3. The molecule has 1 aromatic carbocycles. The number of hydrogen-bond acceptors (Lipinski definition) is 7. The molecule has 0 bridgehead atoms. The summed E-state index contributed by atoms with van der Waals surface area (Å²) in [5, 5.41) is 4.36. The van der Waals surface area contributed by atoms with E-state index in [-0.39, 0.29) is 0 Å². The van der Waals surface area contributed by atoms with Crippen molar-refractivity contribution in [2.45, 2.75) is 18.9 Å². The predicted octanol–water partition coefficient (Wildman–Crippen LogP) is 1.91. The zero-order chi connectivity index (χ0) is 21.8. The van der Waals surface area contributed by atoms with Crippen molar-refractivity contribution in [3.8, 4) is 16.9 Å². The van der Waals surface area contributed by atoms with Gasteiger partial charge in [-0.05, 0) is 18.9 Å². The second-order valence-corrected chi connectivity index (χ2v) is 8.60. The predicted molar refractivity (Wildman–Crippen MR) is 125 cm³/mol. The van der Waals surface area contributed by atoms with E-state index in [0.29, 0.717) is 11.7 Å². The maximum atomic E-state index is 6.25. The molecule has 170 valence electrons. The van der Waals surface area contributed by atoms with Gasteiger partial charge in [0.25, 0.3) is 0 Å². The van der Waals surface area contributed by atoms with Crippen LogP contribution in [0.2, 0.25) is 0 Å². The Kier molecular flexibility index (Phi) is 6.99. The molecule has 8 nitrogen and oxygen atoms in total. The van der Waals surface area contributed by atoms with E-state index < -0.39 is 0 Å². The molecule has 2 aliphatic rings. The average molecular weight is 429 g/mol. The van der Waals surface area contributed by atoms with Gasteiger partial charge in [0.15, 0.2) is 0 Å². The number of benzene rings is 1. The quantitative estimate of drug-likeness (QED) is 0.676. The lowest BCUT2D eigenvalue weighted by Crippen LogP contribution is -2.53. The summed E-state index contributed by atoms with van der Waals surface area (Å²) in [6, 6.07) is 4.78. The number of rotatable bonds is 7. The Morgan fingerprint density at radius 3 is 2.42 bits per heavy atom. The lowest BCUT2D eigenvalue weighted by atomic mass is 9.98. The summed E-state index contributed by atoms with van der Waals surface area (Å²) in [7, 11) is 5.40. The molecule has 0 radical (unpaired) electrons. The monoisotopic (exact) mass is 428 g/mol. The second-order valence-electron chi connectivity index (χ2n) is 8.60. The van der Waals surface area contributed by atoms with Gasteiger partial charge in [0, 0.05) is 95.1 Å². The minimum atomic E-state index is 0.659. The average Bonchev–Trinajstić information content (AvgIpc) is 3.24. The molecule has 4 rings (SSSR count). The van der Waals surface area contributed by atoms with Crippen LogP contribution in [0.5, 0.6) is 5.75 Å². The molecular formula is C23H36N6O2. The van der Waals surface area contributed by atoms with Crippen molar-refractivity contribution < 1.29 is 9.47 Å². The molecule has 8 heteroatoms. The minimum Gasteiger partial charge on any atom is -0.495 e. The van der Waals surface area contributed by atoms with Crippen LogP contribution >= 0.6 is 0 Å². The van der Waals surface area contributed by atoms with Crippen LogP contribution in [0.3, 0.4) is 0 Å². The summed E-state index contributed by atoms with van der Waals surface area (Å²) in [5.74, 6) is 0.733.